The average Bonchev–Trinajstić information content (AvgIpc) is 2.86. The van der Waals surface area contributed by atoms with Gasteiger partial charge in [-0.05, 0) is 0 Å². The second kappa shape index (κ2) is 7.70. The van der Waals surface area contributed by atoms with Crippen LogP contribution in [-0.4, -0.2) is 67.6 Å². The number of hydrogen-bond donors (Lipinski definition) is 1. The first-order valence-electron chi connectivity index (χ1n) is 5.69. The predicted octanol–water partition coefficient (Wildman–Crippen LogP) is 0.712. The third-order valence-corrected chi connectivity index (χ3v) is 2.92. The molecule has 8 heteroatoms. The molecule has 19 heavy (non-hydrogen) atoms. The molecule has 1 aromatic heterocycles. The van der Waals surface area contributed by atoms with Gasteiger partial charge in [-0.25, -0.2) is 9.78 Å². The van der Waals surface area contributed by atoms with Crippen molar-refractivity contribution in [2.45, 2.75) is 0 Å². The van der Waals surface area contributed by atoms with Gasteiger partial charge in [0.05, 0.1) is 6.61 Å². The van der Waals surface area contributed by atoms with Gasteiger partial charge in [-0.1, -0.05) is 0 Å². The van der Waals surface area contributed by atoms with Crippen molar-refractivity contribution in [3.8, 4) is 0 Å². The molecule has 1 aromatic rings. The summed E-state index contributed by atoms with van der Waals surface area (Å²) in [4.78, 5) is 30.5. The Morgan fingerprint density at radius 2 is 2.21 bits per heavy atom. The Labute approximate surface area is 116 Å². The van der Waals surface area contributed by atoms with E-state index in [1.54, 1.807) is 32.8 Å². The lowest BCUT2D eigenvalue weighted by Gasteiger charge is -2.25. The van der Waals surface area contributed by atoms with E-state index in [-0.39, 0.29) is 18.5 Å². The van der Waals surface area contributed by atoms with Crippen molar-refractivity contribution in [2.24, 2.45) is 0 Å². The topological polar surface area (TPSA) is 74.8 Å². The van der Waals surface area contributed by atoms with Gasteiger partial charge in [0, 0.05) is 39.3 Å². The minimum absolute atomic E-state index is 0.0278. The number of carbonyl (C=O) groups excluding carboxylic acids is 2. The molecule has 0 fully saturated rings. The van der Waals surface area contributed by atoms with E-state index in [9.17, 15) is 9.59 Å². The quantitative estimate of drug-likeness (QED) is 0.836. The molecule has 0 aromatic carbocycles. The number of amides is 3. The number of rotatable bonds is 6. The minimum atomic E-state index is -0.277. The van der Waals surface area contributed by atoms with E-state index in [2.05, 4.69) is 10.3 Å². The van der Waals surface area contributed by atoms with E-state index < -0.39 is 0 Å². The van der Waals surface area contributed by atoms with Crippen molar-refractivity contribution in [1.82, 2.24) is 14.8 Å². The van der Waals surface area contributed by atoms with Crippen LogP contribution in [0.1, 0.15) is 0 Å². The van der Waals surface area contributed by atoms with E-state index in [4.69, 9.17) is 4.74 Å². The summed E-state index contributed by atoms with van der Waals surface area (Å²) in [6, 6.07) is -0.230. The van der Waals surface area contributed by atoms with Crippen molar-refractivity contribution in [2.75, 3.05) is 46.2 Å². The van der Waals surface area contributed by atoms with Crippen LogP contribution >= 0.6 is 11.3 Å². The zero-order valence-corrected chi connectivity index (χ0v) is 12.1. The Bertz CT molecular complexity index is 408. The van der Waals surface area contributed by atoms with E-state index >= 15 is 0 Å². The Morgan fingerprint density at radius 1 is 1.47 bits per heavy atom. The number of ether oxygens (including phenoxy) is 1. The standard InChI is InChI=1S/C11H18N4O3S/c1-14(2)11(17)15(5-6-18-3)8-9(16)13-10-12-4-7-19-10/h4,7H,5-6,8H2,1-3H3,(H,12,13,16). The molecule has 0 saturated heterocycles. The second-order valence-electron chi connectivity index (χ2n) is 3.98. The van der Waals surface area contributed by atoms with Gasteiger partial charge in [-0.15, -0.1) is 11.3 Å². The monoisotopic (exact) mass is 286 g/mol. The summed E-state index contributed by atoms with van der Waals surface area (Å²) < 4.78 is 4.94. The number of thiazole rings is 1. The first-order valence-corrected chi connectivity index (χ1v) is 6.57. The molecule has 0 bridgehead atoms. The summed E-state index contributed by atoms with van der Waals surface area (Å²) >= 11 is 1.33. The number of methoxy groups -OCH3 is 1. The highest BCUT2D eigenvalue weighted by Gasteiger charge is 2.18. The second-order valence-corrected chi connectivity index (χ2v) is 4.87. The summed E-state index contributed by atoms with van der Waals surface area (Å²) in [5, 5.41) is 4.93. The zero-order chi connectivity index (χ0) is 14.3. The molecular weight excluding hydrogens is 268 g/mol. The number of urea groups is 1. The van der Waals surface area contributed by atoms with Crippen LogP contribution < -0.4 is 5.32 Å². The highest BCUT2D eigenvalue weighted by Crippen LogP contribution is 2.10. The van der Waals surface area contributed by atoms with Crippen molar-refractivity contribution in [1.29, 1.82) is 0 Å². The first-order chi connectivity index (χ1) is 9.04. The van der Waals surface area contributed by atoms with Crippen LogP contribution in [0.3, 0.4) is 0 Å². The molecule has 0 aliphatic rings. The largest absolute Gasteiger partial charge is 0.383 e. The minimum Gasteiger partial charge on any atom is -0.383 e. The Morgan fingerprint density at radius 3 is 2.74 bits per heavy atom. The molecule has 7 nitrogen and oxygen atoms in total. The number of aromatic nitrogens is 1. The lowest BCUT2D eigenvalue weighted by atomic mass is 10.4. The van der Waals surface area contributed by atoms with Gasteiger partial charge in [0.15, 0.2) is 5.13 Å². The van der Waals surface area contributed by atoms with Crippen molar-refractivity contribution < 1.29 is 14.3 Å². The fourth-order valence-electron chi connectivity index (χ4n) is 1.34. The van der Waals surface area contributed by atoms with Crippen LogP contribution in [0.2, 0.25) is 0 Å². The number of nitrogens with one attached hydrogen (secondary N) is 1. The summed E-state index contributed by atoms with van der Waals surface area (Å²) in [6.45, 7) is 0.711. The van der Waals surface area contributed by atoms with Crippen LogP contribution in [0.25, 0.3) is 0 Å². The van der Waals surface area contributed by atoms with Gasteiger partial charge < -0.3 is 19.9 Å². The lowest BCUT2D eigenvalue weighted by molar-refractivity contribution is -0.117. The Balaban J connectivity index is 2.55. The normalized spacial score (nSPS) is 10.1. The zero-order valence-electron chi connectivity index (χ0n) is 11.3. The highest BCUT2D eigenvalue weighted by molar-refractivity contribution is 7.13. The molecule has 0 aliphatic heterocycles. The van der Waals surface area contributed by atoms with Crippen LogP contribution in [0.4, 0.5) is 9.93 Å². The van der Waals surface area contributed by atoms with E-state index in [1.807, 2.05) is 0 Å². The molecule has 1 N–H and O–H groups in total. The third-order valence-electron chi connectivity index (χ3n) is 2.23. The van der Waals surface area contributed by atoms with Crippen molar-refractivity contribution in [3.63, 3.8) is 0 Å². The SMILES string of the molecule is COCCN(CC(=O)Nc1nccs1)C(=O)N(C)C. The molecule has 3 amide bonds. The van der Waals surface area contributed by atoms with Gasteiger partial charge in [-0.3, -0.25) is 4.79 Å². The summed E-state index contributed by atoms with van der Waals surface area (Å²) in [6.07, 6.45) is 1.61. The lowest BCUT2D eigenvalue weighted by Crippen LogP contribution is -2.44. The molecule has 0 unspecified atom stereocenters. The molecule has 1 heterocycles. The molecule has 1 rings (SSSR count). The first kappa shape index (κ1) is 15.4. The molecule has 0 spiro atoms. The highest BCUT2D eigenvalue weighted by atomic mass is 32.1. The Kier molecular flexibility index (Phi) is 6.23. The summed E-state index contributed by atoms with van der Waals surface area (Å²) in [7, 11) is 4.83. The molecule has 106 valence electrons. The number of nitrogens with zero attached hydrogens (tertiary/aromatic N) is 3. The van der Waals surface area contributed by atoms with Crippen LogP contribution in [0.5, 0.6) is 0 Å². The maximum Gasteiger partial charge on any atom is 0.320 e. The van der Waals surface area contributed by atoms with Crippen LogP contribution in [0.15, 0.2) is 11.6 Å². The van der Waals surface area contributed by atoms with E-state index in [0.717, 1.165) is 0 Å². The fraction of sp³-hybridized carbons (Fsp3) is 0.545. The number of anilines is 1. The van der Waals surface area contributed by atoms with Gasteiger partial charge in [0.25, 0.3) is 0 Å². The maximum absolute atomic E-state index is 11.9. The average molecular weight is 286 g/mol. The molecule has 0 atom stereocenters. The summed E-state index contributed by atoms with van der Waals surface area (Å²) in [5.41, 5.74) is 0. The predicted molar refractivity (Wildman–Crippen MR) is 73.3 cm³/mol. The third kappa shape index (κ3) is 5.23. The van der Waals surface area contributed by atoms with Crippen LogP contribution in [-0.2, 0) is 9.53 Å². The number of hydrogen-bond acceptors (Lipinski definition) is 5. The van der Waals surface area contributed by atoms with E-state index in [0.29, 0.717) is 18.3 Å². The van der Waals surface area contributed by atoms with Crippen LogP contribution in [0, 0.1) is 0 Å². The molecule has 0 aliphatic carbocycles. The van der Waals surface area contributed by atoms with Gasteiger partial charge in [0.1, 0.15) is 6.54 Å². The Hall–Kier alpha value is -1.67. The molecular formula is C11H18N4O3S. The van der Waals surface area contributed by atoms with E-state index in [1.165, 1.54) is 21.1 Å². The fourth-order valence-corrected chi connectivity index (χ4v) is 1.89. The smallest absolute Gasteiger partial charge is 0.320 e. The van der Waals surface area contributed by atoms with Gasteiger partial charge >= 0.3 is 6.03 Å². The van der Waals surface area contributed by atoms with Gasteiger partial charge in [-0.2, -0.15) is 0 Å². The summed E-state index contributed by atoms with van der Waals surface area (Å²) in [5.74, 6) is -0.277. The van der Waals surface area contributed by atoms with Crippen molar-refractivity contribution in [3.05, 3.63) is 11.6 Å². The molecule has 0 radical (unpaired) electrons. The van der Waals surface area contributed by atoms with Gasteiger partial charge in [0.2, 0.25) is 5.91 Å². The maximum atomic E-state index is 11.9. The molecule has 0 saturated carbocycles. The van der Waals surface area contributed by atoms with Crippen molar-refractivity contribution >= 4 is 28.4 Å². The number of carbonyl (C=O) groups is 2.